The zero-order valence-corrected chi connectivity index (χ0v) is 34.0. The third-order valence-corrected chi connectivity index (χ3v) is 13.1. The average Bonchev–Trinajstić information content (AvgIpc) is 3.64. The van der Waals surface area contributed by atoms with Gasteiger partial charge in [0.25, 0.3) is 11.8 Å². The Morgan fingerprint density at radius 3 is 2.28 bits per heavy atom. The molecule has 2 saturated heterocycles. The van der Waals surface area contributed by atoms with E-state index >= 15 is 9.59 Å². The van der Waals surface area contributed by atoms with Crippen LogP contribution in [0.25, 0.3) is 0 Å². The number of anilines is 4. The van der Waals surface area contributed by atoms with Gasteiger partial charge in [0.15, 0.2) is 0 Å². The molecule has 0 radical (unpaired) electrons. The standard InChI is InChI=1S/C48H40Cl2N4O6/c1-3-8-27-9-7-12-36(43(27)55)42-34-22-23-35-41(46(58)53(44(35)56)32-18-16-31(17-19-32)51-30-10-5-4-6-11-30)37(34)26-38-45(57)54(52-40-24-15-29(49)25-39(40)50)47(59)48(38,42)28-13-20-33(60-2)21-14-28/h3-7,9-22,24-25,35,37-38,41-42,51-52,55H,1,8,23,26H2,2H3/t35-,37+,38-,41-,42+,48+/m0/s1. The van der Waals surface area contributed by atoms with Crippen LogP contribution in [0.2, 0.25) is 10.0 Å². The highest BCUT2D eigenvalue weighted by atomic mass is 35.5. The van der Waals surface area contributed by atoms with Crippen molar-refractivity contribution in [1.29, 1.82) is 0 Å². The molecule has 0 spiro atoms. The SMILES string of the molecule is C=CCc1cccc([C@H]2C3=CC[C@@H]4C(=O)N(c5ccc(Nc6ccccc6)cc5)C(=O)[C@@H]4[C@@H]3C[C@H]3C(=O)N(Nc4ccc(Cl)cc4Cl)C(=O)[C@@]23c2ccc(OC)cc2)c1O. The molecule has 4 amide bonds. The van der Waals surface area contributed by atoms with E-state index in [9.17, 15) is 14.7 Å². The van der Waals surface area contributed by atoms with Crippen molar-refractivity contribution in [2.75, 3.05) is 22.8 Å². The van der Waals surface area contributed by atoms with Crippen LogP contribution in [0.5, 0.6) is 11.5 Å². The molecule has 4 aliphatic rings. The van der Waals surface area contributed by atoms with E-state index in [0.29, 0.717) is 45.1 Å². The number of aromatic hydroxyl groups is 1. The highest BCUT2D eigenvalue weighted by molar-refractivity contribution is 6.36. The van der Waals surface area contributed by atoms with Gasteiger partial charge in [0, 0.05) is 27.9 Å². The number of imide groups is 2. The Bertz CT molecular complexity index is 2600. The van der Waals surface area contributed by atoms with Crippen molar-refractivity contribution in [2.24, 2.45) is 23.7 Å². The van der Waals surface area contributed by atoms with E-state index in [1.165, 1.54) is 11.0 Å². The Balaban J connectivity index is 1.18. The molecule has 302 valence electrons. The highest BCUT2D eigenvalue weighted by Crippen LogP contribution is 2.65. The van der Waals surface area contributed by atoms with Crippen molar-refractivity contribution >= 4 is 69.6 Å². The van der Waals surface area contributed by atoms with Crippen molar-refractivity contribution in [1.82, 2.24) is 5.01 Å². The lowest BCUT2D eigenvalue weighted by molar-refractivity contribution is -0.138. The molecule has 3 fully saturated rings. The van der Waals surface area contributed by atoms with Gasteiger partial charge in [-0.1, -0.05) is 89.5 Å². The number of rotatable bonds is 10. The minimum Gasteiger partial charge on any atom is -0.507 e. The van der Waals surface area contributed by atoms with E-state index in [1.54, 1.807) is 73.8 Å². The molecule has 9 rings (SSSR count). The summed E-state index contributed by atoms with van der Waals surface area (Å²) in [4.78, 5) is 61.2. The third-order valence-electron chi connectivity index (χ3n) is 12.6. The number of amides is 4. The Labute approximate surface area is 357 Å². The third kappa shape index (κ3) is 6.16. The maximum atomic E-state index is 15.6. The molecular weight excluding hydrogens is 799 g/mol. The van der Waals surface area contributed by atoms with Crippen LogP contribution in [-0.4, -0.2) is 40.9 Å². The van der Waals surface area contributed by atoms with Crippen molar-refractivity contribution in [3.8, 4) is 11.5 Å². The zero-order chi connectivity index (χ0) is 41.9. The predicted molar refractivity (Wildman–Crippen MR) is 231 cm³/mol. The second-order valence-corrected chi connectivity index (χ2v) is 16.5. The monoisotopic (exact) mass is 838 g/mol. The number of hydrogen-bond acceptors (Lipinski definition) is 8. The topological polar surface area (TPSA) is 128 Å². The van der Waals surface area contributed by atoms with Gasteiger partial charge in [-0.05, 0) is 103 Å². The van der Waals surface area contributed by atoms with E-state index in [4.69, 9.17) is 27.9 Å². The van der Waals surface area contributed by atoms with Gasteiger partial charge >= 0.3 is 0 Å². The molecule has 0 unspecified atom stereocenters. The molecule has 2 heterocycles. The Hall–Kier alpha value is -6.36. The first kappa shape index (κ1) is 39.1. The second-order valence-electron chi connectivity index (χ2n) is 15.6. The minimum atomic E-state index is -1.62. The number of phenolic OH excluding ortho intramolecular Hbond substituents is 1. The number of methoxy groups -OCH3 is 1. The van der Waals surface area contributed by atoms with Crippen molar-refractivity contribution in [3.05, 3.63) is 166 Å². The molecule has 0 bridgehead atoms. The van der Waals surface area contributed by atoms with E-state index in [0.717, 1.165) is 16.4 Å². The Kier molecular flexibility index (Phi) is 10.0. The summed E-state index contributed by atoms with van der Waals surface area (Å²) < 4.78 is 5.51. The van der Waals surface area contributed by atoms with Gasteiger partial charge < -0.3 is 15.2 Å². The van der Waals surface area contributed by atoms with E-state index in [-0.39, 0.29) is 41.1 Å². The largest absolute Gasteiger partial charge is 0.507 e. The Morgan fingerprint density at radius 1 is 0.850 bits per heavy atom. The van der Waals surface area contributed by atoms with Crippen LogP contribution in [-0.2, 0) is 31.0 Å². The van der Waals surface area contributed by atoms with Gasteiger partial charge in [-0.2, -0.15) is 5.01 Å². The van der Waals surface area contributed by atoms with Crippen LogP contribution in [0.1, 0.15) is 35.4 Å². The molecule has 6 atom stereocenters. The van der Waals surface area contributed by atoms with Crippen LogP contribution in [0.3, 0.4) is 0 Å². The molecule has 5 aromatic carbocycles. The van der Waals surface area contributed by atoms with Crippen LogP contribution in [0.15, 0.2) is 140 Å². The number of hydrogen-bond donors (Lipinski definition) is 3. The molecule has 12 heteroatoms. The van der Waals surface area contributed by atoms with Crippen molar-refractivity contribution in [2.45, 2.75) is 30.6 Å². The van der Waals surface area contributed by atoms with Crippen molar-refractivity contribution in [3.63, 3.8) is 0 Å². The number of phenols is 1. The quantitative estimate of drug-likeness (QED) is 0.0938. The summed E-state index contributed by atoms with van der Waals surface area (Å²) >= 11 is 12.8. The number of nitrogens with zero attached hydrogens (tertiary/aromatic N) is 2. The lowest BCUT2D eigenvalue weighted by atomic mass is 9.49. The molecule has 2 aliphatic heterocycles. The normalized spacial score (nSPS) is 24.4. The summed E-state index contributed by atoms with van der Waals surface area (Å²) in [7, 11) is 1.54. The number of para-hydroxylation sites is 2. The number of carbonyl (C=O) groups is 4. The molecule has 2 aliphatic carbocycles. The summed E-state index contributed by atoms with van der Waals surface area (Å²) in [5.74, 6) is -5.43. The fraction of sp³-hybridized carbons (Fsp3) is 0.208. The van der Waals surface area contributed by atoms with Gasteiger partial charge in [0.05, 0.1) is 46.7 Å². The average molecular weight is 840 g/mol. The van der Waals surface area contributed by atoms with Crippen LogP contribution in [0.4, 0.5) is 22.7 Å². The molecule has 5 aromatic rings. The van der Waals surface area contributed by atoms with Gasteiger partial charge in [0.1, 0.15) is 11.5 Å². The van der Waals surface area contributed by atoms with Gasteiger partial charge in [-0.25, -0.2) is 0 Å². The van der Waals surface area contributed by atoms with Gasteiger partial charge in [-0.3, -0.25) is 29.5 Å². The maximum Gasteiger partial charge on any atom is 0.260 e. The Morgan fingerprint density at radius 2 is 1.58 bits per heavy atom. The highest BCUT2D eigenvalue weighted by Gasteiger charge is 2.70. The maximum absolute atomic E-state index is 15.6. The molecule has 10 nitrogen and oxygen atoms in total. The molecule has 60 heavy (non-hydrogen) atoms. The number of fused-ring (bicyclic) bond motifs is 4. The lowest BCUT2D eigenvalue weighted by Gasteiger charge is -2.50. The van der Waals surface area contributed by atoms with Crippen molar-refractivity contribution < 1.29 is 29.0 Å². The first-order valence-corrected chi connectivity index (χ1v) is 20.5. The number of ether oxygens (including phenoxy) is 1. The second kappa shape index (κ2) is 15.3. The van der Waals surface area contributed by atoms with E-state index < -0.39 is 46.8 Å². The summed E-state index contributed by atoms with van der Waals surface area (Å²) in [5, 5.41) is 17.1. The molecule has 3 N–H and O–H groups in total. The van der Waals surface area contributed by atoms with Crippen LogP contribution in [0, 0.1) is 23.7 Å². The van der Waals surface area contributed by atoms with Gasteiger partial charge in [0.2, 0.25) is 11.8 Å². The first-order chi connectivity index (χ1) is 29.1. The van der Waals surface area contributed by atoms with Gasteiger partial charge in [-0.15, -0.1) is 6.58 Å². The number of carbonyl (C=O) groups excluding carboxylic acids is 4. The first-order valence-electron chi connectivity index (χ1n) is 19.7. The minimum absolute atomic E-state index is 0.0373. The van der Waals surface area contributed by atoms with E-state index in [2.05, 4.69) is 17.3 Å². The summed E-state index contributed by atoms with van der Waals surface area (Å²) in [6, 6.07) is 33.9. The van der Waals surface area contributed by atoms with E-state index in [1.807, 2.05) is 54.6 Å². The molecular formula is C48H40Cl2N4O6. The fourth-order valence-electron chi connectivity index (χ4n) is 9.99. The predicted octanol–water partition coefficient (Wildman–Crippen LogP) is 9.37. The summed E-state index contributed by atoms with van der Waals surface area (Å²) in [5.41, 5.74) is 6.05. The summed E-state index contributed by atoms with van der Waals surface area (Å²) in [6.07, 6.45) is 4.29. The zero-order valence-electron chi connectivity index (χ0n) is 32.5. The lowest BCUT2D eigenvalue weighted by Crippen LogP contribution is -2.53. The summed E-state index contributed by atoms with van der Waals surface area (Å²) in [6.45, 7) is 3.88. The van der Waals surface area contributed by atoms with Crippen LogP contribution >= 0.6 is 23.2 Å². The molecule has 1 saturated carbocycles. The molecule has 0 aromatic heterocycles. The number of halogens is 2. The number of hydrazine groups is 1. The smallest absolute Gasteiger partial charge is 0.260 e. The number of benzene rings is 5. The fourth-order valence-corrected chi connectivity index (χ4v) is 10.4. The number of allylic oxidation sites excluding steroid dienone is 3. The number of nitrogens with one attached hydrogen (secondary N) is 2. The van der Waals surface area contributed by atoms with Crippen LogP contribution < -0.4 is 20.4 Å².